The molecule has 236 valence electrons. The van der Waals surface area contributed by atoms with Gasteiger partial charge in [-0.15, -0.1) is 0 Å². The smallest absolute Gasteiger partial charge is 0.416 e. The summed E-state index contributed by atoms with van der Waals surface area (Å²) in [7, 11) is -4.22. The van der Waals surface area contributed by atoms with Crippen LogP contribution in [0, 0.1) is 6.92 Å². The van der Waals surface area contributed by atoms with E-state index in [1.807, 2.05) is 20.8 Å². The van der Waals surface area contributed by atoms with Crippen LogP contribution in [0.4, 0.5) is 18.9 Å². The topological polar surface area (TPSA) is 113 Å². The van der Waals surface area contributed by atoms with Crippen molar-refractivity contribution in [2.45, 2.75) is 80.9 Å². The zero-order chi connectivity index (χ0) is 32.7. The molecule has 3 aromatic rings. The van der Waals surface area contributed by atoms with Crippen LogP contribution >= 0.6 is 11.8 Å². The first-order valence-electron chi connectivity index (χ1n) is 13.7. The molecule has 1 atom stereocenters. The Labute approximate surface area is 259 Å². The fourth-order valence-electron chi connectivity index (χ4n) is 4.77. The maximum absolute atomic E-state index is 13.2. The lowest BCUT2D eigenvalue weighted by Crippen LogP contribution is -2.37. The van der Waals surface area contributed by atoms with Crippen LogP contribution in [0.25, 0.3) is 0 Å². The van der Waals surface area contributed by atoms with Gasteiger partial charge in [0.05, 0.1) is 16.1 Å². The molecular weight excluding hydrogens is 615 g/mol. The number of cyclic esters (lactones) is 1. The highest BCUT2D eigenvalue weighted by atomic mass is 32.2. The summed E-state index contributed by atoms with van der Waals surface area (Å²) in [5, 5.41) is 20.5. The van der Waals surface area contributed by atoms with Crippen molar-refractivity contribution in [3.05, 3.63) is 93.6 Å². The Kier molecular flexibility index (Phi) is 9.10. The second kappa shape index (κ2) is 12.0. The van der Waals surface area contributed by atoms with Gasteiger partial charge >= 0.3 is 12.1 Å². The first kappa shape index (κ1) is 33.3. The van der Waals surface area contributed by atoms with E-state index in [2.05, 4.69) is 4.72 Å². The number of carbonyl (C=O) groups excluding carboxylic acids is 1. The van der Waals surface area contributed by atoms with E-state index in [4.69, 9.17) is 4.74 Å². The summed E-state index contributed by atoms with van der Waals surface area (Å²) in [5.41, 5.74) is -0.0792. The predicted molar refractivity (Wildman–Crippen MR) is 163 cm³/mol. The van der Waals surface area contributed by atoms with Crippen LogP contribution < -0.4 is 4.72 Å². The average Bonchev–Trinajstić information content (AvgIpc) is 2.90. The van der Waals surface area contributed by atoms with Crippen molar-refractivity contribution in [3.63, 3.8) is 0 Å². The van der Waals surface area contributed by atoms with Crippen molar-refractivity contribution in [2.24, 2.45) is 0 Å². The number of carbonyl (C=O) groups is 1. The van der Waals surface area contributed by atoms with Gasteiger partial charge in [0, 0.05) is 11.3 Å². The van der Waals surface area contributed by atoms with E-state index in [9.17, 15) is 36.6 Å². The Hall–Kier alpha value is -3.64. The summed E-state index contributed by atoms with van der Waals surface area (Å²) in [5.74, 6) is -0.624. The fourth-order valence-corrected chi connectivity index (χ4v) is 7.14. The summed E-state index contributed by atoms with van der Waals surface area (Å²) in [6, 6.07) is 13.3. The quantitative estimate of drug-likeness (QED) is 0.212. The van der Waals surface area contributed by atoms with E-state index < -0.39 is 38.7 Å². The van der Waals surface area contributed by atoms with Crippen LogP contribution in [-0.2, 0) is 37.6 Å². The third-order valence-corrected chi connectivity index (χ3v) is 9.84. The molecule has 1 aliphatic rings. The molecule has 44 heavy (non-hydrogen) atoms. The Morgan fingerprint density at radius 1 is 1.00 bits per heavy atom. The molecule has 0 spiro atoms. The number of nitrogens with one attached hydrogen (secondary N) is 1. The number of anilines is 1. The van der Waals surface area contributed by atoms with E-state index >= 15 is 0 Å². The van der Waals surface area contributed by atoms with E-state index in [1.165, 1.54) is 0 Å². The molecule has 1 heterocycles. The number of ether oxygens (including phenoxy) is 1. The number of alkyl halides is 3. The van der Waals surface area contributed by atoms with Gasteiger partial charge in [0.1, 0.15) is 22.0 Å². The maximum Gasteiger partial charge on any atom is 0.416 e. The van der Waals surface area contributed by atoms with Gasteiger partial charge in [-0.05, 0) is 97.3 Å². The molecule has 12 heteroatoms. The Morgan fingerprint density at radius 3 is 2.16 bits per heavy atom. The number of aliphatic hydroxyl groups is 1. The molecule has 1 unspecified atom stereocenters. The van der Waals surface area contributed by atoms with Crippen LogP contribution in [0.1, 0.15) is 62.8 Å². The number of phenols is 1. The maximum atomic E-state index is 13.2. The van der Waals surface area contributed by atoms with Crippen LogP contribution in [0.5, 0.6) is 5.75 Å². The number of sulfonamides is 1. The van der Waals surface area contributed by atoms with Gasteiger partial charge in [0.15, 0.2) is 0 Å². The number of phenolic OH excluding ortho intramolecular Hbond substituents is 1. The molecule has 0 fully saturated rings. The van der Waals surface area contributed by atoms with Gasteiger partial charge in [0.2, 0.25) is 0 Å². The standard InChI is InChI=1S/C32H34F3NO6S2/c1-19-16-27(43-28-26(38)18-31(5,42-29(28)39)15-14-20-6-10-22(37)11-7-20)24(30(2,3)4)17-25(19)36-44(40,41)23-12-8-21(9-13-23)32(33,34)35/h6-13,16-17,36-38H,14-15,18H2,1-5H3. The highest BCUT2D eigenvalue weighted by Gasteiger charge is 2.39. The summed E-state index contributed by atoms with van der Waals surface area (Å²) in [4.78, 5) is 13.5. The molecule has 0 aliphatic carbocycles. The van der Waals surface area contributed by atoms with E-state index in [0.717, 1.165) is 29.5 Å². The molecule has 0 saturated carbocycles. The first-order valence-corrected chi connectivity index (χ1v) is 16.0. The predicted octanol–water partition coefficient (Wildman–Crippen LogP) is 8.02. The average molecular weight is 650 g/mol. The van der Waals surface area contributed by atoms with Crippen molar-refractivity contribution < 1.29 is 41.3 Å². The largest absolute Gasteiger partial charge is 0.511 e. The number of hydrogen-bond donors (Lipinski definition) is 3. The van der Waals surface area contributed by atoms with Crippen LogP contribution in [-0.4, -0.2) is 30.2 Å². The van der Waals surface area contributed by atoms with Gasteiger partial charge in [-0.25, -0.2) is 13.2 Å². The Balaban J connectivity index is 1.58. The third kappa shape index (κ3) is 7.71. The number of aliphatic hydroxyl groups excluding tert-OH is 1. The minimum Gasteiger partial charge on any atom is -0.511 e. The number of thioether (sulfide) groups is 1. The highest BCUT2D eigenvalue weighted by molar-refractivity contribution is 8.04. The lowest BCUT2D eigenvalue weighted by atomic mass is 9.86. The molecule has 0 saturated heterocycles. The Morgan fingerprint density at radius 2 is 1.61 bits per heavy atom. The summed E-state index contributed by atoms with van der Waals surface area (Å²) >= 11 is 1.04. The summed E-state index contributed by atoms with van der Waals surface area (Å²) < 4.78 is 73.3. The molecular formula is C32H34F3NO6S2. The van der Waals surface area contributed by atoms with Gasteiger partial charge in [-0.2, -0.15) is 13.2 Å². The molecule has 3 aromatic carbocycles. The lowest BCUT2D eigenvalue weighted by molar-refractivity contribution is -0.156. The molecule has 7 nitrogen and oxygen atoms in total. The van der Waals surface area contributed by atoms with E-state index in [0.29, 0.717) is 41.0 Å². The SMILES string of the molecule is Cc1cc(SC2=C(O)CC(C)(CCc3ccc(O)cc3)OC2=O)c(C(C)(C)C)cc1NS(=O)(=O)c1ccc(C(F)(F)F)cc1. The molecule has 0 radical (unpaired) electrons. The number of halogens is 3. The molecule has 0 aromatic heterocycles. The van der Waals surface area contributed by atoms with Crippen LogP contribution in [0.3, 0.4) is 0 Å². The van der Waals surface area contributed by atoms with Crippen LogP contribution in [0.2, 0.25) is 0 Å². The van der Waals surface area contributed by atoms with Gasteiger partial charge in [-0.1, -0.05) is 44.7 Å². The fraction of sp³-hybridized carbons (Fsp3) is 0.344. The molecule has 1 aliphatic heterocycles. The number of esters is 1. The minimum absolute atomic E-state index is 0.0371. The van der Waals surface area contributed by atoms with Crippen molar-refractivity contribution in [3.8, 4) is 5.75 Å². The molecule has 3 N–H and O–H groups in total. The molecule has 0 amide bonds. The monoisotopic (exact) mass is 649 g/mol. The van der Waals surface area contributed by atoms with Crippen molar-refractivity contribution in [1.82, 2.24) is 0 Å². The first-order chi connectivity index (χ1) is 20.3. The minimum atomic E-state index is -4.59. The van der Waals surface area contributed by atoms with Crippen molar-refractivity contribution in [1.29, 1.82) is 0 Å². The summed E-state index contributed by atoms with van der Waals surface area (Å²) in [6.07, 6.45) is -3.47. The number of aromatic hydroxyl groups is 1. The number of hydrogen-bond acceptors (Lipinski definition) is 7. The van der Waals surface area contributed by atoms with Crippen LogP contribution in [0.15, 0.2) is 81.1 Å². The van der Waals surface area contributed by atoms with Gasteiger partial charge < -0.3 is 14.9 Å². The second-order valence-corrected chi connectivity index (χ2v) is 14.8. The van der Waals surface area contributed by atoms with Crippen molar-refractivity contribution in [2.75, 3.05) is 4.72 Å². The van der Waals surface area contributed by atoms with Gasteiger partial charge in [0.25, 0.3) is 10.0 Å². The third-order valence-electron chi connectivity index (χ3n) is 7.29. The summed E-state index contributed by atoms with van der Waals surface area (Å²) in [6.45, 7) is 9.14. The number of benzene rings is 3. The zero-order valence-corrected chi connectivity index (χ0v) is 26.5. The normalized spacial score (nSPS) is 17.9. The lowest BCUT2D eigenvalue weighted by Gasteiger charge is -2.34. The second-order valence-electron chi connectivity index (χ2n) is 12.1. The number of rotatable bonds is 8. The van der Waals surface area contributed by atoms with E-state index in [1.54, 1.807) is 50.2 Å². The highest BCUT2D eigenvalue weighted by Crippen LogP contribution is 2.44. The Bertz CT molecular complexity index is 1690. The van der Waals surface area contributed by atoms with Crippen molar-refractivity contribution >= 4 is 33.4 Å². The molecule has 4 rings (SSSR count). The zero-order valence-electron chi connectivity index (χ0n) is 24.9. The van der Waals surface area contributed by atoms with Gasteiger partial charge in [-0.3, -0.25) is 4.72 Å². The number of aryl methyl sites for hydroxylation is 2. The molecule has 0 bridgehead atoms. The van der Waals surface area contributed by atoms with E-state index in [-0.39, 0.29) is 33.4 Å².